The molecule has 1 atom stereocenters. The Morgan fingerprint density at radius 3 is 2.89 bits per heavy atom. The minimum atomic E-state index is -0.546. The van der Waals surface area contributed by atoms with Gasteiger partial charge in [-0.1, -0.05) is 0 Å². The van der Waals surface area contributed by atoms with Crippen LogP contribution in [0.15, 0.2) is 16.6 Å². The number of benzene rings is 1. The summed E-state index contributed by atoms with van der Waals surface area (Å²) >= 11 is 3.33. The Kier molecular flexibility index (Phi) is 3.79. The first-order chi connectivity index (χ1) is 8.37. The lowest BCUT2D eigenvalue weighted by atomic mass is 10.2. The Morgan fingerprint density at radius 2 is 2.28 bits per heavy atom. The van der Waals surface area contributed by atoms with E-state index in [1.165, 1.54) is 12.1 Å². The van der Waals surface area contributed by atoms with E-state index in [-0.39, 0.29) is 11.8 Å². The highest BCUT2D eigenvalue weighted by Crippen LogP contribution is 2.28. The van der Waals surface area contributed by atoms with Crippen molar-refractivity contribution in [1.29, 1.82) is 0 Å². The molecule has 1 saturated heterocycles. The van der Waals surface area contributed by atoms with Crippen LogP contribution in [0.5, 0.6) is 0 Å². The lowest BCUT2D eigenvalue weighted by Gasteiger charge is -2.18. The van der Waals surface area contributed by atoms with Crippen molar-refractivity contribution >= 4 is 27.3 Å². The fourth-order valence-corrected chi connectivity index (χ4v) is 2.29. The van der Waals surface area contributed by atoms with Gasteiger partial charge in [-0.25, -0.2) is 4.39 Å². The van der Waals surface area contributed by atoms with Crippen molar-refractivity contribution in [1.82, 2.24) is 0 Å². The number of rotatable bonds is 3. The quantitative estimate of drug-likeness (QED) is 0.841. The van der Waals surface area contributed by atoms with E-state index in [2.05, 4.69) is 21.2 Å². The summed E-state index contributed by atoms with van der Waals surface area (Å²) in [5.74, 6) is -0.986. The normalized spacial score (nSPS) is 22.1. The molecule has 0 aliphatic carbocycles. The van der Waals surface area contributed by atoms with Crippen LogP contribution >= 0.6 is 15.9 Å². The third-order valence-electron chi connectivity index (χ3n) is 2.67. The zero-order valence-corrected chi connectivity index (χ0v) is 11.9. The summed E-state index contributed by atoms with van der Waals surface area (Å²) in [5.41, 5.74) is 6.23. The van der Waals surface area contributed by atoms with Crippen molar-refractivity contribution in [2.24, 2.45) is 0 Å². The molecule has 0 aromatic heterocycles. The predicted octanol–water partition coefficient (Wildman–Crippen LogP) is 2.73. The van der Waals surface area contributed by atoms with E-state index in [0.717, 1.165) is 4.47 Å². The summed E-state index contributed by atoms with van der Waals surface area (Å²) in [6.45, 7) is 4.80. The number of hydrogen-bond donors (Lipinski definition) is 2. The molecule has 0 spiro atoms. The third kappa shape index (κ3) is 3.13. The maximum atomic E-state index is 13.3. The first-order valence-corrected chi connectivity index (χ1v) is 6.47. The van der Waals surface area contributed by atoms with Gasteiger partial charge < -0.3 is 20.5 Å². The zero-order chi connectivity index (χ0) is 13.3. The summed E-state index contributed by atoms with van der Waals surface area (Å²) in [5, 5.41) is 3.11. The second-order valence-corrected chi connectivity index (χ2v) is 5.54. The van der Waals surface area contributed by atoms with E-state index in [4.69, 9.17) is 15.2 Å². The minimum absolute atomic E-state index is 0.0486. The van der Waals surface area contributed by atoms with E-state index >= 15 is 0 Å². The van der Waals surface area contributed by atoms with Crippen LogP contribution in [-0.4, -0.2) is 25.0 Å². The van der Waals surface area contributed by atoms with Crippen LogP contribution in [0.4, 0.5) is 15.8 Å². The van der Waals surface area contributed by atoms with Gasteiger partial charge in [-0.3, -0.25) is 0 Å². The lowest BCUT2D eigenvalue weighted by molar-refractivity contribution is -0.136. The van der Waals surface area contributed by atoms with Gasteiger partial charge in [0, 0.05) is 17.1 Å². The van der Waals surface area contributed by atoms with E-state index in [1.54, 1.807) is 0 Å². The Morgan fingerprint density at radius 1 is 1.56 bits per heavy atom. The number of ether oxygens (including phenoxy) is 2. The van der Waals surface area contributed by atoms with Gasteiger partial charge in [0.25, 0.3) is 0 Å². The van der Waals surface area contributed by atoms with Gasteiger partial charge in [-0.2, -0.15) is 0 Å². The summed E-state index contributed by atoms with van der Waals surface area (Å²) in [6, 6.07) is 2.90. The van der Waals surface area contributed by atoms with Crippen LogP contribution in [0.1, 0.15) is 13.8 Å². The molecule has 0 saturated carbocycles. The summed E-state index contributed by atoms with van der Waals surface area (Å²) < 4.78 is 25.2. The summed E-state index contributed by atoms with van der Waals surface area (Å²) in [7, 11) is 0. The van der Waals surface area contributed by atoms with Crippen LogP contribution in [0.2, 0.25) is 0 Å². The van der Waals surface area contributed by atoms with E-state index in [1.807, 2.05) is 13.8 Å². The number of nitrogens with one attached hydrogen (secondary N) is 1. The summed E-state index contributed by atoms with van der Waals surface area (Å²) in [4.78, 5) is 0. The van der Waals surface area contributed by atoms with Gasteiger partial charge in [-0.05, 0) is 35.8 Å². The van der Waals surface area contributed by atoms with Gasteiger partial charge in [-0.15, -0.1) is 0 Å². The second kappa shape index (κ2) is 5.03. The SMILES string of the molecule is CC1(C)OCC(CNc2cc(F)c(N)cc2Br)O1. The van der Waals surface area contributed by atoms with Crippen molar-refractivity contribution in [2.45, 2.75) is 25.7 Å². The van der Waals surface area contributed by atoms with Gasteiger partial charge >= 0.3 is 0 Å². The molecule has 100 valence electrons. The third-order valence-corrected chi connectivity index (χ3v) is 3.33. The van der Waals surface area contributed by atoms with Crippen molar-refractivity contribution in [3.8, 4) is 0 Å². The number of nitrogens with two attached hydrogens (primary N) is 1. The molecule has 0 bridgehead atoms. The fourth-order valence-electron chi connectivity index (χ4n) is 1.79. The number of nitrogen functional groups attached to an aromatic ring is 1. The van der Waals surface area contributed by atoms with Crippen molar-refractivity contribution in [3.63, 3.8) is 0 Å². The molecular weight excluding hydrogens is 303 g/mol. The van der Waals surface area contributed by atoms with Crippen LogP contribution in [0, 0.1) is 5.82 Å². The molecular formula is C12H16BrFN2O2. The van der Waals surface area contributed by atoms with E-state index < -0.39 is 11.6 Å². The summed E-state index contributed by atoms with van der Waals surface area (Å²) in [6.07, 6.45) is -0.0486. The molecule has 1 aromatic rings. The first kappa shape index (κ1) is 13.6. The monoisotopic (exact) mass is 318 g/mol. The Balaban J connectivity index is 1.97. The van der Waals surface area contributed by atoms with Crippen molar-refractivity contribution in [3.05, 3.63) is 22.4 Å². The topological polar surface area (TPSA) is 56.5 Å². The van der Waals surface area contributed by atoms with Gasteiger partial charge in [0.2, 0.25) is 0 Å². The predicted molar refractivity (Wildman–Crippen MR) is 71.9 cm³/mol. The number of hydrogen-bond acceptors (Lipinski definition) is 4. The molecule has 1 aliphatic rings. The minimum Gasteiger partial charge on any atom is -0.396 e. The number of anilines is 2. The molecule has 2 rings (SSSR count). The maximum absolute atomic E-state index is 13.3. The largest absolute Gasteiger partial charge is 0.396 e. The van der Waals surface area contributed by atoms with Crippen LogP contribution in [0.3, 0.4) is 0 Å². The molecule has 1 aromatic carbocycles. The highest BCUT2D eigenvalue weighted by molar-refractivity contribution is 9.10. The second-order valence-electron chi connectivity index (χ2n) is 4.69. The highest BCUT2D eigenvalue weighted by atomic mass is 79.9. The molecule has 0 radical (unpaired) electrons. The first-order valence-electron chi connectivity index (χ1n) is 5.67. The van der Waals surface area contributed by atoms with E-state index in [0.29, 0.717) is 18.8 Å². The molecule has 1 aliphatic heterocycles. The highest BCUT2D eigenvalue weighted by Gasteiger charge is 2.32. The molecule has 1 fully saturated rings. The van der Waals surface area contributed by atoms with Gasteiger partial charge in [0.05, 0.1) is 18.0 Å². The standard InChI is InChI=1S/C12H16BrFN2O2/c1-12(2)17-6-7(18-12)5-16-11-4-9(14)10(15)3-8(11)13/h3-4,7,16H,5-6,15H2,1-2H3. The van der Waals surface area contributed by atoms with Crippen molar-refractivity contribution < 1.29 is 13.9 Å². The molecule has 1 heterocycles. The smallest absolute Gasteiger partial charge is 0.163 e. The molecule has 3 N–H and O–H groups in total. The molecule has 6 heteroatoms. The Labute approximate surface area is 114 Å². The number of halogens is 2. The average molecular weight is 319 g/mol. The molecule has 0 amide bonds. The lowest BCUT2D eigenvalue weighted by Crippen LogP contribution is -2.26. The van der Waals surface area contributed by atoms with Gasteiger partial charge in [0.1, 0.15) is 11.9 Å². The van der Waals surface area contributed by atoms with Crippen LogP contribution in [0.25, 0.3) is 0 Å². The Bertz CT molecular complexity index is 454. The zero-order valence-electron chi connectivity index (χ0n) is 10.3. The molecule has 4 nitrogen and oxygen atoms in total. The van der Waals surface area contributed by atoms with Gasteiger partial charge in [0.15, 0.2) is 5.79 Å². The molecule has 1 unspecified atom stereocenters. The maximum Gasteiger partial charge on any atom is 0.163 e. The fraction of sp³-hybridized carbons (Fsp3) is 0.500. The van der Waals surface area contributed by atoms with Crippen molar-refractivity contribution in [2.75, 3.05) is 24.2 Å². The van der Waals surface area contributed by atoms with E-state index in [9.17, 15) is 4.39 Å². The van der Waals surface area contributed by atoms with Crippen LogP contribution < -0.4 is 11.1 Å². The van der Waals surface area contributed by atoms with Crippen LogP contribution in [-0.2, 0) is 9.47 Å². The molecule has 18 heavy (non-hydrogen) atoms. The average Bonchev–Trinajstić information content (AvgIpc) is 2.62. The Hall–Kier alpha value is -0.850.